The largest absolute Gasteiger partial charge is 0.481 e. The number of carbonyl (C=O) groups excluding carboxylic acids is 1. The van der Waals surface area contributed by atoms with Crippen LogP contribution in [0.25, 0.3) is 0 Å². The van der Waals surface area contributed by atoms with Gasteiger partial charge in [-0.3, -0.25) is 9.59 Å². The quantitative estimate of drug-likeness (QED) is 0.864. The fourth-order valence-electron chi connectivity index (χ4n) is 2.95. The highest BCUT2D eigenvalue weighted by atomic mass is 16.4. The lowest BCUT2D eigenvalue weighted by molar-refractivity contribution is -0.142. The van der Waals surface area contributed by atoms with Crippen LogP contribution in [-0.4, -0.2) is 30.1 Å². The van der Waals surface area contributed by atoms with E-state index in [1.54, 1.807) is 0 Å². The summed E-state index contributed by atoms with van der Waals surface area (Å²) in [6, 6.07) is 6.08. The Morgan fingerprint density at radius 3 is 2.70 bits per heavy atom. The number of hydrogen-bond acceptors (Lipinski definition) is 3. The minimum absolute atomic E-state index is 0.0764. The van der Waals surface area contributed by atoms with Crippen LogP contribution >= 0.6 is 0 Å². The number of aryl methyl sites for hydroxylation is 1. The highest BCUT2D eigenvalue weighted by molar-refractivity contribution is 5.94. The number of hydrogen-bond donors (Lipinski definition) is 2. The summed E-state index contributed by atoms with van der Waals surface area (Å²) in [6.45, 7) is 1.56. The predicted molar refractivity (Wildman–Crippen MR) is 76.0 cm³/mol. The minimum atomic E-state index is -0.683. The lowest BCUT2D eigenvalue weighted by Gasteiger charge is -2.32. The first-order valence-corrected chi connectivity index (χ1v) is 7.04. The summed E-state index contributed by atoms with van der Waals surface area (Å²) in [5, 5.41) is 11.9. The Balaban J connectivity index is 1.73. The molecule has 1 fully saturated rings. The van der Waals surface area contributed by atoms with Crippen LogP contribution in [0, 0.1) is 5.92 Å². The molecule has 1 aromatic carbocycles. The van der Waals surface area contributed by atoms with Crippen LogP contribution < -0.4 is 10.2 Å². The van der Waals surface area contributed by atoms with Crippen LogP contribution in [-0.2, 0) is 16.0 Å². The normalized spacial score (nSPS) is 19.4. The smallest absolute Gasteiger partial charge is 0.306 e. The van der Waals surface area contributed by atoms with Crippen molar-refractivity contribution in [3.05, 3.63) is 23.8 Å². The molecule has 0 unspecified atom stereocenters. The number of rotatable bonds is 2. The number of aliphatic carboxylic acids is 1. The van der Waals surface area contributed by atoms with Gasteiger partial charge < -0.3 is 15.3 Å². The number of carboxylic acid groups (broad SMARTS) is 1. The van der Waals surface area contributed by atoms with E-state index in [1.165, 1.54) is 5.56 Å². The van der Waals surface area contributed by atoms with Gasteiger partial charge in [0.2, 0.25) is 5.91 Å². The first-order chi connectivity index (χ1) is 9.63. The van der Waals surface area contributed by atoms with E-state index in [2.05, 4.69) is 16.3 Å². The van der Waals surface area contributed by atoms with Crippen molar-refractivity contribution in [3.63, 3.8) is 0 Å². The average molecular weight is 274 g/mol. The van der Waals surface area contributed by atoms with Crippen LogP contribution in [0.3, 0.4) is 0 Å². The maximum atomic E-state index is 11.3. The van der Waals surface area contributed by atoms with Gasteiger partial charge in [-0.05, 0) is 43.0 Å². The van der Waals surface area contributed by atoms with Crippen LogP contribution in [0.5, 0.6) is 0 Å². The molecule has 1 aromatic rings. The zero-order valence-corrected chi connectivity index (χ0v) is 11.3. The van der Waals surface area contributed by atoms with Crippen molar-refractivity contribution < 1.29 is 14.7 Å². The summed E-state index contributed by atoms with van der Waals surface area (Å²) in [5.74, 6) is -0.812. The second kappa shape index (κ2) is 5.15. The molecule has 2 aliphatic heterocycles. The van der Waals surface area contributed by atoms with Crippen molar-refractivity contribution in [2.24, 2.45) is 5.92 Å². The molecule has 5 nitrogen and oxygen atoms in total. The van der Waals surface area contributed by atoms with E-state index >= 15 is 0 Å². The van der Waals surface area contributed by atoms with E-state index in [-0.39, 0.29) is 11.8 Å². The van der Waals surface area contributed by atoms with Gasteiger partial charge in [-0.25, -0.2) is 0 Å². The number of carbonyl (C=O) groups is 2. The molecule has 0 saturated carbocycles. The second-order valence-electron chi connectivity index (χ2n) is 5.49. The summed E-state index contributed by atoms with van der Waals surface area (Å²) in [6.07, 6.45) is 2.71. The zero-order valence-electron chi connectivity index (χ0n) is 11.3. The lowest BCUT2D eigenvalue weighted by Crippen LogP contribution is -2.36. The summed E-state index contributed by atoms with van der Waals surface area (Å²) in [4.78, 5) is 24.5. The summed E-state index contributed by atoms with van der Waals surface area (Å²) in [5.41, 5.74) is 3.21. The molecule has 2 heterocycles. The number of benzene rings is 1. The predicted octanol–water partition coefficient (Wildman–Crippen LogP) is 1.87. The number of amides is 1. The van der Waals surface area contributed by atoms with Crippen molar-refractivity contribution >= 4 is 23.3 Å². The van der Waals surface area contributed by atoms with Gasteiger partial charge in [-0.1, -0.05) is 0 Å². The SMILES string of the molecule is O=C1CCc2cc(N3CCC(C(=O)O)CC3)ccc2N1. The molecule has 2 aliphatic rings. The molecule has 2 N–H and O–H groups in total. The van der Waals surface area contributed by atoms with Gasteiger partial charge in [-0.15, -0.1) is 0 Å². The number of piperidine rings is 1. The third-order valence-electron chi connectivity index (χ3n) is 4.19. The highest BCUT2D eigenvalue weighted by Crippen LogP contribution is 2.29. The number of anilines is 2. The Kier molecular flexibility index (Phi) is 3.34. The van der Waals surface area contributed by atoms with Gasteiger partial charge in [-0.2, -0.15) is 0 Å². The Morgan fingerprint density at radius 2 is 2.00 bits per heavy atom. The van der Waals surface area contributed by atoms with Crippen LogP contribution in [0.2, 0.25) is 0 Å². The van der Waals surface area contributed by atoms with E-state index in [9.17, 15) is 9.59 Å². The molecule has 0 bridgehead atoms. The van der Waals surface area contributed by atoms with Crippen molar-refractivity contribution in [2.45, 2.75) is 25.7 Å². The summed E-state index contributed by atoms with van der Waals surface area (Å²) in [7, 11) is 0. The molecule has 5 heteroatoms. The molecule has 1 amide bonds. The fraction of sp³-hybridized carbons (Fsp3) is 0.467. The molecule has 0 aliphatic carbocycles. The maximum absolute atomic E-state index is 11.3. The van der Waals surface area contributed by atoms with Gasteiger partial charge in [0.15, 0.2) is 0 Å². The van der Waals surface area contributed by atoms with Crippen molar-refractivity contribution in [2.75, 3.05) is 23.3 Å². The van der Waals surface area contributed by atoms with Crippen molar-refractivity contribution in [1.29, 1.82) is 0 Å². The molecule has 3 rings (SSSR count). The molecule has 106 valence electrons. The molecule has 1 saturated heterocycles. The van der Waals surface area contributed by atoms with Crippen LogP contribution in [0.1, 0.15) is 24.8 Å². The number of fused-ring (bicyclic) bond motifs is 1. The summed E-state index contributed by atoms with van der Waals surface area (Å²) >= 11 is 0. The Bertz CT molecular complexity index is 548. The van der Waals surface area contributed by atoms with E-state index in [0.29, 0.717) is 19.3 Å². The fourth-order valence-corrected chi connectivity index (χ4v) is 2.95. The third-order valence-corrected chi connectivity index (χ3v) is 4.19. The minimum Gasteiger partial charge on any atom is -0.481 e. The van der Waals surface area contributed by atoms with Gasteiger partial charge in [0.05, 0.1) is 5.92 Å². The van der Waals surface area contributed by atoms with Gasteiger partial charge >= 0.3 is 5.97 Å². The molecule has 0 radical (unpaired) electrons. The average Bonchev–Trinajstić information content (AvgIpc) is 2.47. The van der Waals surface area contributed by atoms with Crippen molar-refractivity contribution in [3.8, 4) is 0 Å². The standard InChI is InChI=1S/C15H18N2O3/c18-14-4-1-11-9-12(2-3-13(11)16-14)17-7-5-10(6-8-17)15(19)20/h2-3,9-10H,1,4-8H2,(H,16,18)(H,19,20). The third kappa shape index (κ3) is 2.48. The maximum Gasteiger partial charge on any atom is 0.306 e. The Morgan fingerprint density at radius 1 is 1.25 bits per heavy atom. The van der Waals surface area contributed by atoms with Gasteiger partial charge in [0.1, 0.15) is 0 Å². The first-order valence-electron chi connectivity index (χ1n) is 7.04. The Hall–Kier alpha value is -2.04. The van der Waals surface area contributed by atoms with Crippen LogP contribution in [0.4, 0.5) is 11.4 Å². The Labute approximate surface area is 117 Å². The number of carboxylic acids is 1. The molecule has 0 aromatic heterocycles. The van der Waals surface area contributed by atoms with Crippen LogP contribution in [0.15, 0.2) is 18.2 Å². The second-order valence-corrected chi connectivity index (χ2v) is 5.49. The van der Waals surface area contributed by atoms with Crippen molar-refractivity contribution in [1.82, 2.24) is 0 Å². The van der Waals surface area contributed by atoms with E-state index < -0.39 is 5.97 Å². The van der Waals surface area contributed by atoms with E-state index in [1.807, 2.05) is 12.1 Å². The monoisotopic (exact) mass is 274 g/mol. The van der Waals surface area contributed by atoms with Gasteiger partial charge in [0, 0.05) is 30.9 Å². The molecule has 20 heavy (non-hydrogen) atoms. The van der Waals surface area contributed by atoms with E-state index in [4.69, 9.17) is 5.11 Å². The molecular formula is C15H18N2O3. The molecular weight excluding hydrogens is 256 g/mol. The van der Waals surface area contributed by atoms with E-state index in [0.717, 1.165) is 30.9 Å². The zero-order chi connectivity index (χ0) is 14.1. The molecule has 0 spiro atoms. The molecule has 0 atom stereocenters. The highest BCUT2D eigenvalue weighted by Gasteiger charge is 2.25. The topological polar surface area (TPSA) is 69.6 Å². The summed E-state index contributed by atoms with van der Waals surface area (Å²) < 4.78 is 0. The lowest BCUT2D eigenvalue weighted by atomic mass is 9.96. The number of nitrogens with one attached hydrogen (secondary N) is 1. The van der Waals surface area contributed by atoms with Gasteiger partial charge in [0.25, 0.3) is 0 Å². The number of nitrogens with zero attached hydrogens (tertiary/aromatic N) is 1. The first kappa shape index (κ1) is 13.0.